The minimum Gasteiger partial charge on any atom is -0.497 e. The fourth-order valence-corrected chi connectivity index (χ4v) is 5.24. The number of fused-ring (bicyclic) bond motifs is 1. The summed E-state index contributed by atoms with van der Waals surface area (Å²) in [6.07, 6.45) is 0. The topological polar surface area (TPSA) is 88.6 Å². The maximum atomic E-state index is 12.9. The number of carbonyl (C=O) groups is 1. The van der Waals surface area contributed by atoms with E-state index in [-0.39, 0.29) is 9.92 Å². The SMILES string of the molecule is CCN(CC)S(=O)(=O)c1cc(NC(=O)c2cc3ccc(OC)cc3nc2C)ccc1Cl. The molecule has 0 aliphatic heterocycles. The Morgan fingerprint density at radius 3 is 2.48 bits per heavy atom. The number of nitrogens with zero attached hydrogens (tertiary/aromatic N) is 2. The predicted octanol–water partition coefficient (Wildman–Crippen LogP) is 4.49. The van der Waals surface area contributed by atoms with Crippen LogP contribution in [0.4, 0.5) is 5.69 Å². The molecule has 3 rings (SSSR count). The molecule has 0 fully saturated rings. The predicted molar refractivity (Wildman–Crippen MR) is 123 cm³/mol. The van der Waals surface area contributed by atoms with Crippen molar-refractivity contribution in [3.63, 3.8) is 0 Å². The van der Waals surface area contributed by atoms with Gasteiger partial charge in [0.25, 0.3) is 5.91 Å². The Morgan fingerprint density at radius 2 is 1.84 bits per heavy atom. The van der Waals surface area contributed by atoms with Crippen molar-refractivity contribution in [2.24, 2.45) is 0 Å². The van der Waals surface area contributed by atoms with Gasteiger partial charge >= 0.3 is 0 Å². The zero-order chi connectivity index (χ0) is 22.8. The number of hydrogen-bond donors (Lipinski definition) is 1. The summed E-state index contributed by atoms with van der Waals surface area (Å²) in [5.41, 5.74) is 1.98. The van der Waals surface area contributed by atoms with E-state index in [1.165, 1.54) is 16.4 Å². The number of aromatic nitrogens is 1. The molecule has 0 aliphatic carbocycles. The van der Waals surface area contributed by atoms with Gasteiger partial charge in [-0.25, -0.2) is 8.42 Å². The van der Waals surface area contributed by atoms with Gasteiger partial charge in [0.05, 0.1) is 28.9 Å². The molecule has 9 heteroatoms. The minimum absolute atomic E-state index is 0.0453. The number of nitrogens with one attached hydrogen (secondary N) is 1. The van der Waals surface area contributed by atoms with E-state index in [0.717, 1.165) is 5.39 Å². The van der Waals surface area contributed by atoms with Crippen molar-refractivity contribution in [1.29, 1.82) is 0 Å². The van der Waals surface area contributed by atoms with Crippen LogP contribution < -0.4 is 10.1 Å². The lowest BCUT2D eigenvalue weighted by atomic mass is 10.1. The van der Waals surface area contributed by atoms with E-state index in [1.807, 2.05) is 6.07 Å². The molecule has 7 nitrogen and oxygen atoms in total. The highest BCUT2D eigenvalue weighted by Gasteiger charge is 2.25. The van der Waals surface area contributed by atoms with Crippen LogP contribution in [0.1, 0.15) is 29.9 Å². The lowest BCUT2D eigenvalue weighted by Gasteiger charge is -2.20. The van der Waals surface area contributed by atoms with Crippen molar-refractivity contribution in [3.8, 4) is 5.75 Å². The summed E-state index contributed by atoms with van der Waals surface area (Å²) >= 11 is 6.17. The van der Waals surface area contributed by atoms with Gasteiger partial charge in [-0.1, -0.05) is 25.4 Å². The van der Waals surface area contributed by atoms with Crippen LogP contribution in [0.3, 0.4) is 0 Å². The lowest BCUT2D eigenvalue weighted by molar-refractivity contribution is 0.102. The molecule has 2 aromatic carbocycles. The molecule has 0 aliphatic rings. The Morgan fingerprint density at radius 1 is 1.13 bits per heavy atom. The molecule has 0 saturated carbocycles. The first-order valence-corrected chi connectivity index (χ1v) is 11.6. The number of anilines is 1. The summed E-state index contributed by atoms with van der Waals surface area (Å²) in [5.74, 6) is 0.288. The fraction of sp³-hybridized carbons (Fsp3) is 0.273. The number of hydrogen-bond acceptors (Lipinski definition) is 5. The van der Waals surface area contributed by atoms with Crippen molar-refractivity contribution in [2.75, 3.05) is 25.5 Å². The Bertz CT molecular complexity index is 1240. The average molecular weight is 462 g/mol. The van der Waals surface area contributed by atoms with Crippen LogP contribution in [0, 0.1) is 6.92 Å². The summed E-state index contributed by atoms with van der Waals surface area (Å²) < 4.78 is 32.3. The van der Waals surface area contributed by atoms with Crippen LogP contribution in [-0.2, 0) is 10.0 Å². The Labute approximate surface area is 187 Å². The Balaban J connectivity index is 1.94. The first kappa shape index (κ1) is 23.0. The third-order valence-electron chi connectivity index (χ3n) is 4.97. The second-order valence-electron chi connectivity index (χ2n) is 6.87. The molecule has 1 heterocycles. The van der Waals surface area contributed by atoms with Crippen LogP contribution in [0.2, 0.25) is 5.02 Å². The molecule has 1 amide bonds. The Hall–Kier alpha value is -2.68. The van der Waals surface area contributed by atoms with E-state index >= 15 is 0 Å². The standard InChI is InChI=1S/C22H24ClN3O4S/c1-5-26(6-2)31(28,29)21-12-16(8-10-19(21)23)25-22(27)18-11-15-7-9-17(30-4)13-20(15)24-14(18)3/h7-13H,5-6H2,1-4H3,(H,25,27). The summed E-state index contributed by atoms with van der Waals surface area (Å²) in [7, 11) is -2.19. The summed E-state index contributed by atoms with van der Waals surface area (Å²) in [6.45, 7) is 5.89. The smallest absolute Gasteiger partial charge is 0.257 e. The van der Waals surface area contributed by atoms with Crippen LogP contribution in [0.25, 0.3) is 10.9 Å². The zero-order valence-electron chi connectivity index (χ0n) is 17.8. The number of ether oxygens (including phenoxy) is 1. The van der Waals surface area contributed by atoms with Crippen molar-refractivity contribution in [3.05, 3.63) is 58.7 Å². The molecule has 0 saturated heterocycles. The minimum atomic E-state index is -3.77. The van der Waals surface area contributed by atoms with Crippen molar-refractivity contribution in [1.82, 2.24) is 9.29 Å². The highest BCUT2D eigenvalue weighted by Crippen LogP contribution is 2.28. The second-order valence-corrected chi connectivity index (χ2v) is 9.18. The van der Waals surface area contributed by atoms with Crippen LogP contribution in [0.5, 0.6) is 5.75 Å². The zero-order valence-corrected chi connectivity index (χ0v) is 19.3. The molecule has 0 radical (unpaired) electrons. The Kier molecular flexibility index (Phi) is 6.83. The number of rotatable bonds is 7. The largest absolute Gasteiger partial charge is 0.497 e. The van der Waals surface area contributed by atoms with Crippen LogP contribution >= 0.6 is 11.6 Å². The molecule has 0 unspecified atom stereocenters. The van der Waals surface area contributed by atoms with Crippen LogP contribution in [-0.4, -0.2) is 43.8 Å². The van der Waals surface area contributed by atoms with Gasteiger partial charge in [0, 0.05) is 30.2 Å². The van der Waals surface area contributed by atoms with E-state index in [0.29, 0.717) is 41.3 Å². The molecule has 1 N–H and O–H groups in total. The molecule has 1 aromatic heterocycles. The highest BCUT2D eigenvalue weighted by molar-refractivity contribution is 7.89. The van der Waals surface area contributed by atoms with Crippen LogP contribution in [0.15, 0.2) is 47.4 Å². The van der Waals surface area contributed by atoms with Crippen molar-refractivity contribution < 1.29 is 17.9 Å². The number of carbonyl (C=O) groups excluding carboxylic acids is 1. The molecular formula is C22H24ClN3O4S. The molecule has 0 spiro atoms. The normalized spacial score (nSPS) is 11.7. The summed E-state index contributed by atoms with van der Waals surface area (Å²) in [5, 5.41) is 3.64. The second kappa shape index (κ2) is 9.21. The van der Waals surface area contributed by atoms with Gasteiger partial charge < -0.3 is 10.1 Å². The fourth-order valence-electron chi connectivity index (χ4n) is 3.28. The van der Waals surface area contributed by atoms with Gasteiger partial charge in [0.2, 0.25) is 10.0 Å². The number of amides is 1. The first-order valence-electron chi connectivity index (χ1n) is 9.77. The quantitative estimate of drug-likeness (QED) is 0.560. The number of methoxy groups -OCH3 is 1. The first-order chi connectivity index (χ1) is 14.7. The molecule has 31 heavy (non-hydrogen) atoms. The van der Waals surface area contributed by atoms with Crippen molar-refractivity contribution in [2.45, 2.75) is 25.7 Å². The van der Waals surface area contributed by atoms with Gasteiger partial charge in [-0.2, -0.15) is 4.31 Å². The maximum absolute atomic E-state index is 12.9. The number of pyridine rings is 1. The van der Waals surface area contributed by atoms with Gasteiger partial charge in [0.15, 0.2) is 0 Å². The third kappa shape index (κ3) is 4.66. The summed E-state index contributed by atoms with van der Waals surface area (Å²) in [4.78, 5) is 17.4. The van der Waals surface area contributed by atoms with E-state index in [1.54, 1.807) is 52.1 Å². The van der Waals surface area contributed by atoms with Gasteiger partial charge in [-0.15, -0.1) is 0 Å². The lowest BCUT2D eigenvalue weighted by Crippen LogP contribution is -2.30. The molecule has 0 bridgehead atoms. The van der Waals surface area contributed by atoms with Crippen molar-refractivity contribution >= 4 is 44.1 Å². The molecular weight excluding hydrogens is 438 g/mol. The van der Waals surface area contributed by atoms with Gasteiger partial charge in [-0.05, 0) is 43.3 Å². The number of aryl methyl sites for hydroxylation is 1. The monoisotopic (exact) mass is 461 g/mol. The number of halogens is 1. The van der Waals surface area contributed by atoms with E-state index < -0.39 is 15.9 Å². The van der Waals surface area contributed by atoms with E-state index in [4.69, 9.17) is 16.3 Å². The van der Waals surface area contributed by atoms with Gasteiger partial charge in [0.1, 0.15) is 10.6 Å². The summed E-state index contributed by atoms with van der Waals surface area (Å²) in [6, 6.07) is 11.6. The van der Waals surface area contributed by atoms with E-state index in [2.05, 4.69) is 10.3 Å². The molecule has 164 valence electrons. The molecule has 0 atom stereocenters. The maximum Gasteiger partial charge on any atom is 0.257 e. The van der Waals surface area contributed by atoms with Gasteiger partial charge in [-0.3, -0.25) is 9.78 Å². The number of benzene rings is 2. The highest BCUT2D eigenvalue weighted by atomic mass is 35.5. The average Bonchev–Trinajstić information content (AvgIpc) is 2.74. The third-order valence-corrected chi connectivity index (χ3v) is 7.50. The van der Waals surface area contributed by atoms with E-state index in [9.17, 15) is 13.2 Å². The molecule has 3 aromatic rings. The number of sulfonamides is 1.